The number of hydrogen-bond donors (Lipinski definition) is 1. The van der Waals surface area contributed by atoms with Crippen molar-refractivity contribution in [1.82, 2.24) is 9.88 Å². The Bertz CT molecular complexity index is 870. The molecule has 28 heavy (non-hydrogen) atoms. The summed E-state index contributed by atoms with van der Waals surface area (Å²) in [4.78, 5) is 21.6. The molecule has 152 valence electrons. The SMILES string of the molecule is CCc1cc(N(C)C)ccc1-c1nc2c(s1)C(O)CN(C(=O)OC(C)(C)C)C2. The summed E-state index contributed by atoms with van der Waals surface area (Å²) in [5.74, 6) is 0. The quantitative estimate of drug-likeness (QED) is 0.831. The van der Waals surface area contributed by atoms with Crippen LogP contribution in [-0.4, -0.2) is 47.3 Å². The van der Waals surface area contributed by atoms with Crippen LogP contribution in [0.4, 0.5) is 10.5 Å². The normalized spacial score (nSPS) is 16.7. The van der Waals surface area contributed by atoms with Gasteiger partial charge in [-0.25, -0.2) is 9.78 Å². The second-order valence-corrected chi connectivity index (χ2v) is 9.33. The van der Waals surface area contributed by atoms with Gasteiger partial charge in [0.05, 0.1) is 23.7 Å². The molecule has 1 aliphatic rings. The Morgan fingerprint density at radius 2 is 2.11 bits per heavy atom. The van der Waals surface area contributed by atoms with E-state index in [1.807, 2.05) is 34.9 Å². The number of benzene rings is 1. The van der Waals surface area contributed by atoms with Crippen molar-refractivity contribution in [1.29, 1.82) is 0 Å². The number of amides is 1. The van der Waals surface area contributed by atoms with E-state index >= 15 is 0 Å². The van der Waals surface area contributed by atoms with E-state index in [-0.39, 0.29) is 6.54 Å². The molecule has 0 saturated carbocycles. The summed E-state index contributed by atoms with van der Waals surface area (Å²) in [6.45, 7) is 8.22. The molecule has 1 aromatic heterocycles. The number of hydrogen-bond acceptors (Lipinski definition) is 6. The van der Waals surface area contributed by atoms with Crippen LogP contribution < -0.4 is 4.90 Å². The van der Waals surface area contributed by atoms with Gasteiger partial charge >= 0.3 is 6.09 Å². The predicted molar refractivity (Wildman–Crippen MR) is 113 cm³/mol. The van der Waals surface area contributed by atoms with Crippen molar-refractivity contribution < 1.29 is 14.6 Å². The lowest BCUT2D eigenvalue weighted by Crippen LogP contribution is -2.41. The molecule has 0 bridgehead atoms. The number of rotatable bonds is 3. The molecule has 7 heteroatoms. The van der Waals surface area contributed by atoms with Gasteiger partial charge in [-0.3, -0.25) is 4.90 Å². The number of carbonyl (C=O) groups excluding carboxylic acids is 1. The monoisotopic (exact) mass is 403 g/mol. The van der Waals surface area contributed by atoms with Crippen molar-refractivity contribution in [3.63, 3.8) is 0 Å². The van der Waals surface area contributed by atoms with Crippen LogP contribution in [-0.2, 0) is 17.7 Å². The fraction of sp³-hybridized carbons (Fsp3) is 0.524. The topological polar surface area (TPSA) is 65.9 Å². The van der Waals surface area contributed by atoms with Crippen LogP contribution in [0.1, 0.15) is 49.9 Å². The summed E-state index contributed by atoms with van der Waals surface area (Å²) in [5, 5.41) is 11.5. The molecule has 2 aromatic rings. The van der Waals surface area contributed by atoms with E-state index in [0.29, 0.717) is 6.54 Å². The third-order valence-corrected chi connectivity index (χ3v) is 5.86. The standard InChI is InChI=1S/C21H29N3O3S/c1-7-13-10-14(23(5)6)8-9-15(13)19-22-16-11-24(12-17(25)18(16)28-19)20(26)27-21(2,3)4/h8-10,17,25H,7,11-12H2,1-6H3. The van der Waals surface area contributed by atoms with Crippen molar-refractivity contribution in [3.8, 4) is 10.6 Å². The number of aryl methyl sites for hydroxylation is 1. The van der Waals surface area contributed by atoms with Gasteiger partial charge in [0.25, 0.3) is 0 Å². The van der Waals surface area contributed by atoms with Crippen molar-refractivity contribution in [2.45, 2.75) is 52.4 Å². The molecule has 6 nitrogen and oxygen atoms in total. The average molecular weight is 404 g/mol. The zero-order chi connectivity index (χ0) is 20.6. The number of β-amino-alcohol motifs (C(OH)–C–C–N with tert-alkyl or cyclic N) is 1. The van der Waals surface area contributed by atoms with E-state index in [1.165, 1.54) is 21.8 Å². The molecule has 0 radical (unpaired) electrons. The fourth-order valence-electron chi connectivity index (χ4n) is 3.21. The lowest BCUT2D eigenvalue weighted by Gasteiger charge is -2.31. The first-order valence-electron chi connectivity index (χ1n) is 9.55. The largest absolute Gasteiger partial charge is 0.444 e. The van der Waals surface area contributed by atoms with Gasteiger partial charge in [0.15, 0.2) is 0 Å². The van der Waals surface area contributed by atoms with Crippen LogP contribution in [0.25, 0.3) is 10.6 Å². The molecule has 3 rings (SSSR count). The van der Waals surface area contributed by atoms with Gasteiger partial charge in [0.2, 0.25) is 0 Å². The first kappa shape index (κ1) is 20.6. The third kappa shape index (κ3) is 4.31. The second-order valence-electron chi connectivity index (χ2n) is 8.30. The highest BCUT2D eigenvalue weighted by molar-refractivity contribution is 7.15. The first-order valence-corrected chi connectivity index (χ1v) is 10.4. The third-order valence-electron chi connectivity index (χ3n) is 4.63. The van der Waals surface area contributed by atoms with Crippen molar-refractivity contribution in [2.24, 2.45) is 0 Å². The maximum atomic E-state index is 12.4. The van der Waals surface area contributed by atoms with Crippen LogP contribution in [0.2, 0.25) is 0 Å². The summed E-state index contributed by atoms with van der Waals surface area (Å²) in [5.41, 5.74) is 3.64. The zero-order valence-corrected chi connectivity index (χ0v) is 18.3. The lowest BCUT2D eigenvalue weighted by molar-refractivity contribution is 0.00845. The van der Waals surface area contributed by atoms with Gasteiger partial charge < -0.3 is 14.7 Å². The fourth-order valence-corrected chi connectivity index (χ4v) is 4.33. The molecule has 1 N–H and O–H groups in total. The highest BCUT2D eigenvalue weighted by Crippen LogP contribution is 2.38. The lowest BCUT2D eigenvalue weighted by atomic mass is 10.0. The minimum Gasteiger partial charge on any atom is -0.444 e. The van der Waals surface area contributed by atoms with Crippen LogP contribution >= 0.6 is 11.3 Å². The van der Waals surface area contributed by atoms with Crippen LogP contribution in [0.3, 0.4) is 0 Å². The van der Waals surface area contributed by atoms with Crippen molar-refractivity contribution >= 4 is 23.1 Å². The molecule has 0 spiro atoms. The van der Waals surface area contributed by atoms with Gasteiger partial charge in [0, 0.05) is 25.3 Å². The van der Waals surface area contributed by atoms with Gasteiger partial charge in [-0.1, -0.05) is 6.92 Å². The number of carbonyl (C=O) groups is 1. The van der Waals surface area contributed by atoms with Gasteiger partial charge in [0.1, 0.15) is 16.7 Å². The Hall–Kier alpha value is -2.12. The molecular weight excluding hydrogens is 374 g/mol. The Kier molecular flexibility index (Phi) is 5.68. The minimum atomic E-state index is -0.742. The number of nitrogens with zero attached hydrogens (tertiary/aromatic N) is 3. The van der Waals surface area contributed by atoms with E-state index in [4.69, 9.17) is 9.72 Å². The number of aliphatic hydroxyl groups excluding tert-OH is 1. The first-order chi connectivity index (χ1) is 13.1. The molecule has 2 heterocycles. The second kappa shape index (κ2) is 7.72. The van der Waals surface area contributed by atoms with Crippen LogP contribution in [0, 0.1) is 0 Å². The molecule has 1 aromatic carbocycles. The highest BCUT2D eigenvalue weighted by atomic mass is 32.1. The Labute approximate surface area is 170 Å². The van der Waals surface area contributed by atoms with Crippen molar-refractivity contribution in [2.75, 3.05) is 25.5 Å². The van der Waals surface area contributed by atoms with E-state index < -0.39 is 17.8 Å². The average Bonchev–Trinajstić information content (AvgIpc) is 3.04. The van der Waals surface area contributed by atoms with Gasteiger partial charge in [-0.05, 0) is 51.0 Å². The number of thiazole rings is 1. The number of aliphatic hydroxyl groups is 1. The molecule has 1 aliphatic heterocycles. The number of ether oxygens (including phenoxy) is 1. The van der Waals surface area contributed by atoms with Gasteiger partial charge in [-0.15, -0.1) is 11.3 Å². The Balaban J connectivity index is 1.90. The number of fused-ring (bicyclic) bond motifs is 1. The zero-order valence-electron chi connectivity index (χ0n) is 17.4. The molecule has 0 fully saturated rings. The van der Waals surface area contributed by atoms with Crippen molar-refractivity contribution in [3.05, 3.63) is 34.3 Å². The Morgan fingerprint density at radius 3 is 2.71 bits per heavy atom. The van der Waals surface area contributed by atoms with Crippen LogP contribution in [0.15, 0.2) is 18.2 Å². The maximum absolute atomic E-state index is 12.4. The Morgan fingerprint density at radius 1 is 1.39 bits per heavy atom. The molecule has 1 unspecified atom stereocenters. The molecular formula is C21H29N3O3S. The summed E-state index contributed by atoms with van der Waals surface area (Å²) >= 11 is 1.51. The predicted octanol–water partition coefficient (Wildman–Crippen LogP) is 4.22. The van der Waals surface area contributed by atoms with Crippen LogP contribution in [0.5, 0.6) is 0 Å². The van der Waals surface area contributed by atoms with E-state index in [2.05, 4.69) is 30.0 Å². The maximum Gasteiger partial charge on any atom is 0.410 e. The summed E-state index contributed by atoms with van der Waals surface area (Å²) in [6.07, 6.45) is -0.265. The molecule has 0 saturated heterocycles. The number of aromatic nitrogens is 1. The molecule has 1 amide bonds. The van der Waals surface area contributed by atoms with E-state index in [1.54, 1.807) is 0 Å². The summed E-state index contributed by atoms with van der Waals surface area (Å²) in [6, 6.07) is 6.36. The molecule has 0 aliphatic carbocycles. The molecule has 1 atom stereocenters. The summed E-state index contributed by atoms with van der Waals surface area (Å²) in [7, 11) is 4.05. The summed E-state index contributed by atoms with van der Waals surface area (Å²) < 4.78 is 5.45. The van der Waals surface area contributed by atoms with E-state index in [9.17, 15) is 9.90 Å². The number of anilines is 1. The van der Waals surface area contributed by atoms with Gasteiger partial charge in [-0.2, -0.15) is 0 Å². The minimum absolute atomic E-state index is 0.226. The highest BCUT2D eigenvalue weighted by Gasteiger charge is 2.33. The van der Waals surface area contributed by atoms with E-state index in [0.717, 1.165) is 33.3 Å². The smallest absolute Gasteiger partial charge is 0.410 e.